The molecule has 11 nitrogen and oxygen atoms in total. The Morgan fingerprint density at radius 2 is 1.77 bits per heavy atom. The van der Waals surface area contributed by atoms with Crippen molar-refractivity contribution in [2.45, 2.75) is 12.8 Å². The molecular weight excluding hydrogens is 638 g/mol. The van der Waals surface area contributed by atoms with E-state index in [9.17, 15) is 17.6 Å². The number of aromatic nitrogens is 7. The van der Waals surface area contributed by atoms with Crippen LogP contribution >= 0.6 is 0 Å². The lowest BCUT2D eigenvalue weighted by Crippen LogP contribution is -2.14. The number of carbonyl (C=O) groups excluding carboxylic acids is 1. The lowest BCUT2D eigenvalue weighted by Gasteiger charge is -2.08. The van der Waals surface area contributed by atoms with E-state index >= 15 is 4.39 Å². The van der Waals surface area contributed by atoms with Crippen LogP contribution in [0.1, 0.15) is 11.1 Å². The molecule has 48 heavy (non-hydrogen) atoms. The second-order valence-corrected chi connectivity index (χ2v) is 13.6. The Morgan fingerprint density at radius 3 is 2.58 bits per heavy atom. The van der Waals surface area contributed by atoms with Crippen LogP contribution in [0, 0.1) is 11.6 Å². The number of hydrogen-bond acceptors (Lipinski definition) is 8. The van der Waals surface area contributed by atoms with Gasteiger partial charge in [0.25, 0.3) is 0 Å². The van der Waals surface area contributed by atoms with Crippen LogP contribution in [0.3, 0.4) is 0 Å². The van der Waals surface area contributed by atoms with Crippen molar-refractivity contribution >= 4 is 43.5 Å². The van der Waals surface area contributed by atoms with Crippen LogP contribution in [0.4, 0.5) is 14.5 Å². The van der Waals surface area contributed by atoms with Crippen molar-refractivity contribution in [2.24, 2.45) is 0 Å². The highest BCUT2D eigenvalue weighted by molar-refractivity contribution is 7.90. The summed E-state index contributed by atoms with van der Waals surface area (Å²) in [6.45, 7) is 0. The number of halogens is 2. The highest BCUT2D eigenvalue weighted by atomic mass is 32.2. The number of aromatic amines is 2. The fraction of sp³-hybridized carbons (Fsp3) is 0.118. The number of pyridine rings is 3. The molecule has 7 rings (SSSR count). The Balaban J connectivity index is 1.22. The van der Waals surface area contributed by atoms with E-state index in [1.54, 1.807) is 18.2 Å². The minimum absolute atomic E-state index is 0.0772. The number of fused-ring (bicyclic) bond motifs is 2. The maximum Gasteiger partial charge on any atom is 0.228 e. The standard InChI is InChI=1S/C34H26F2N8O3S/c1-48(46,47)10-8-20-11-21(14-23(35)12-20)30-31-26(7-9-38-30)41-34(42-31)32-28-29(36)25(18-39-33(28)44-43-32)22-15-24(17-37-16-22)40-27(45)13-19-5-3-2-4-6-19/h2-7,9,11-12,14-18H,8,10,13H2,1H3,(H,40,45)(H,41,42)(H,39,43,44). The topological polar surface area (TPSA) is 159 Å². The number of amides is 1. The second kappa shape index (κ2) is 12.4. The SMILES string of the molecule is CS(=O)(=O)CCc1cc(F)cc(-c2nccc3[nH]c(-c4[nH]nc5ncc(-c6cncc(NC(=O)Cc7ccccc7)c6)c(F)c45)nc23)c1. The number of aryl methyl sites for hydroxylation is 1. The summed E-state index contributed by atoms with van der Waals surface area (Å²) >= 11 is 0. The lowest BCUT2D eigenvalue weighted by atomic mass is 10.0. The van der Waals surface area contributed by atoms with Gasteiger partial charge in [0.1, 0.15) is 32.7 Å². The summed E-state index contributed by atoms with van der Waals surface area (Å²) in [4.78, 5) is 33.5. The normalized spacial score (nSPS) is 11.7. The Kier molecular flexibility index (Phi) is 7.93. The first-order chi connectivity index (χ1) is 23.1. The van der Waals surface area contributed by atoms with Gasteiger partial charge < -0.3 is 10.3 Å². The maximum atomic E-state index is 16.3. The molecule has 0 fully saturated rings. The molecule has 7 aromatic rings. The monoisotopic (exact) mass is 664 g/mol. The van der Waals surface area contributed by atoms with Crippen LogP contribution in [0.5, 0.6) is 0 Å². The summed E-state index contributed by atoms with van der Waals surface area (Å²) < 4.78 is 54.3. The van der Waals surface area contributed by atoms with Crippen LogP contribution < -0.4 is 5.32 Å². The maximum absolute atomic E-state index is 16.3. The fourth-order valence-corrected chi connectivity index (χ4v) is 6.07. The third-order valence-corrected chi connectivity index (χ3v) is 8.64. The van der Waals surface area contributed by atoms with E-state index in [0.29, 0.717) is 39.1 Å². The molecule has 0 atom stereocenters. The average molecular weight is 665 g/mol. The molecule has 1 amide bonds. The van der Waals surface area contributed by atoms with Gasteiger partial charge in [-0.2, -0.15) is 5.10 Å². The zero-order valence-corrected chi connectivity index (χ0v) is 26.1. The Bertz CT molecular complexity index is 2450. The van der Waals surface area contributed by atoms with Crippen molar-refractivity contribution in [2.75, 3.05) is 17.3 Å². The molecule has 0 aliphatic rings. The van der Waals surface area contributed by atoms with E-state index in [4.69, 9.17) is 0 Å². The first-order valence-electron chi connectivity index (χ1n) is 14.8. The largest absolute Gasteiger partial charge is 0.337 e. The average Bonchev–Trinajstić information content (AvgIpc) is 3.69. The van der Waals surface area contributed by atoms with Gasteiger partial charge in [0.15, 0.2) is 11.5 Å². The molecule has 2 aromatic carbocycles. The van der Waals surface area contributed by atoms with E-state index in [1.807, 2.05) is 30.3 Å². The molecule has 0 saturated carbocycles. The zero-order chi connectivity index (χ0) is 33.4. The first-order valence-corrected chi connectivity index (χ1v) is 16.8. The number of imidazole rings is 1. The Labute approximate surface area is 272 Å². The van der Waals surface area contributed by atoms with Crippen LogP contribution in [0.15, 0.2) is 85.5 Å². The van der Waals surface area contributed by atoms with Gasteiger partial charge in [0.2, 0.25) is 5.91 Å². The van der Waals surface area contributed by atoms with Crippen molar-refractivity contribution in [3.63, 3.8) is 0 Å². The smallest absolute Gasteiger partial charge is 0.228 e. The van der Waals surface area contributed by atoms with Crippen molar-refractivity contribution < 1.29 is 22.0 Å². The Morgan fingerprint density at radius 1 is 0.938 bits per heavy atom. The van der Waals surface area contributed by atoms with E-state index in [0.717, 1.165) is 11.8 Å². The summed E-state index contributed by atoms with van der Waals surface area (Å²) in [7, 11) is -3.25. The number of nitrogens with zero attached hydrogens (tertiary/aromatic N) is 5. The van der Waals surface area contributed by atoms with Crippen LogP contribution in [-0.2, 0) is 27.5 Å². The van der Waals surface area contributed by atoms with Crippen molar-refractivity contribution in [1.29, 1.82) is 0 Å². The highest BCUT2D eigenvalue weighted by Crippen LogP contribution is 2.34. The molecule has 5 heterocycles. The van der Waals surface area contributed by atoms with E-state index in [2.05, 4.69) is 40.4 Å². The van der Waals surface area contributed by atoms with Crippen molar-refractivity contribution in [1.82, 2.24) is 35.1 Å². The third-order valence-electron chi connectivity index (χ3n) is 7.69. The Hall–Kier alpha value is -5.89. The van der Waals surface area contributed by atoms with Gasteiger partial charge in [-0.15, -0.1) is 0 Å². The lowest BCUT2D eigenvalue weighted by molar-refractivity contribution is -0.115. The predicted octanol–water partition coefficient (Wildman–Crippen LogP) is 5.67. The molecule has 3 N–H and O–H groups in total. The van der Waals surface area contributed by atoms with Crippen LogP contribution in [0.25, 0.3) is 56.0 Å². The van der Waals surface area contributed by atoms with Crippen LogP contribution in [-0.4, -0.2) is 61.5 Å². The number of nitrogens with one attached hydrogen (secondary N) is 3. The molecule has 240 valence electrons. The van der Waals surface area contributed by atoms with E-state index in [-0.39, 0.29) is 52.6 Å². The zero-order valence-electron chi connectivity index (χ0n) is 25.3. The molecule has 0 aliphatic carbocycles. The molecule has 0 spiro atoms. The minimum Gasteiger partial charge on any atom is -0.337 e. The number of carbonyl (C=O) groups is 1. The number of rotatable bonds is 9. The quantitative estimate of drug-likeness (QED) is 0.178. The van der Waals surface area contributed by atoms with Crippen molar-refractivity contribution in [3.8, 4) is 33.9 Å². The van der Waals surface area contributed by atoms with Gasteiger partial charge in [-0.3, -0.25) is 19.9 Å². The third kappa shape index (κ3) is 6.37. The molecule has 0 unspecified atom stereocenters. The summed E-state index contributed by atoms with van der Waals surface area (Å²) in [5.74, 6) is -1.29. The summed E-state index contributed by atoms with van der Waals surface area (Å²) in [6.07, 6.45) is 7.27. The van der Waals surface area contributed by atoms with Gasteiger partial charge in [0, 0.05) is 41.5 Å². The van der Waals surface area contributed by atoms with Gasteiger partial charge in [0.05, 0.1) is 40.7 Å². The number of sulfone groups is 1. The molecule has 0 radical (unpaired) electrons. The van der Waals surface area contributed by atoms with Crippen molar-refractivity contribution in [3.05, 3.63) is 108 Å². The molecule has 14 heteroatoms. The number of hydrogen-bond donors (Lipinski definition) is 3. The minimum atomic E-state index is -3.25. The van der Waals surface area contributed by atoms with Gasteiger partial charge in [-0.1, -0.05) is 30.3 Å². The van der Waals surface area contributed by atoms with Gasteiger partial charge >= 0.3 is 0 Å². The van der Waals surface area contributed by atoms with Crippen LogP contribution in [0.2, 0.25) is 0 Å². The highest BCUT2D eigenvalue weighted by Gasteiger charge is 2.22. The molecule has 5 aromatic heterocycles. The van der Waals surface area contributed by atoms with E-state index < -0.39 is 21.5 Å². The number of H-pyrrole nitrogens is 2. The first kappa shape index (κ1) is 30.7. The summed E-state index contributed by atoms with van der Waals surface area (Å²) in [6, 6.07) is 16.9. The predicted molar refractivity (Wildman–Crippen MR) is 178 cm³/mol. The summed E-state index contributed by atoms with van der Waals surface area (Å²) in [5, 5.41) is 9.89. The summed E-state index contributed by atoms with van der Waals surface area (Å²) in [5.41, 5.74) is 4.33. The number of anilines is 1. The molecule has 0 aliphatic heterocycles. The van der Waals surface area contributed by atoms with E-state index in [1.165, 1.54) is 36.9 Å². The fourth-order valence-electron chi connectivity index (χ4n) is 5.47. The second-order valence-electron chi connectivity index (χ2n) is 11.3. The molecule has 0 bridgehead atoms. The molecular formula is C34H26F2N8O3S. The van der Waals surface area contributed by atoms with Gasteiger partial charge in [-0.25, -0.2) is 27.2 Å². The molecule has 0 saturated heterocycles. The van der Waals surface area contributed by atoms with Gasteiger partial charge in [-0.05, 0) is 47.9 Å². The number of benzene rings is 2.